The van der Waals surface area contributed by atoms with Gasteiger partial charge in [0.2, 0.25) is 11.8 Å². The van der Waals surface area contributed by atoms with Crippen LogP contribution in [0.3, 0.4) is 0 Å². The molecule has 1 N–H and O–H groups in total. The largest absolute Gasteiger partial charge is 0.358 e. The fourth-order valence-electron chi connectivity index (χ4n) is 1.12. The molecule has 0 saturated carbocycles. The molecule has 0 aromatic heterocycles. The molecule has 1 aliphatic heterocycles. The molecule has 1 fully saturated rings. The van der Waals surface area contributed by atoms with E-state index in [9.17, 15) is 9.59 Å². The van der Waals surface area contributed by atoms with Gasteiger partial charge >= 0.3 is 0 Å². The first-order valence-electron chi connectivity index (χ1n) is 3.72. The Morgan fingerprint density at radius 1 is 1.73 bits per heavy atom. The van der Waals surface area contributed by atoms with Gasteiger partial charge in [-0.15, -0.1) is 0 Å². The number of likely N-dealkylation sites (N-methyl/N-ethyl adjacent to an activating group) is 1. The van der Waals surface area contributed by atoms with E-state index in [1.165, 1.54) is 0 Å². The average molecular weight is 156 g/mol. The predicted molar refractivity (Wildman–Crippen MR) is 39.9 cm³/mol. The third-order valence-electron chi connectivity index (χ3n) is 1.78. The van der Waals surface area contributed by atoms with Crippen molar-refractivity contribution in [1.82, 2.24) is 10.2 Å². The SMILES string of the molecule is CNC(=O)CN1CCCC1=O. The number of nitrogens with zero attached hydrogens (tertiary/aromatic N) is 1. The molecular weight excluding hydrogens is 144 g/mol. The highest BCUT2D eigenvalue weighted by Gasteiger charge is 2.21. The zero-order chi connectivity index (χ0) is 8.27. The quantitative estimate of drug-likeness (QED) is 0.578. The van der Waals surface area contributed by atoms with Gasteiger partial charge in [-0.1, -0.05) is 0 Å². The fraction of sp³-hybridized carbons (Fsp3) is 0.714. The minimum atomic E-state index is -0.0970. The van der Waals surface area contributed by atoms with E-state index in [4.69, 9.17) is 0 Å². The Kier molecular flexibility index (Phi) is 2.46. The fourth-order valence-corrected chi connectivity index (χ4v) is 1.12. The first-order valence-corrected chi connectivity index (χ1v) is 3.72. The van der Waals surface area contributed by atoms with Gasteiger partial charge < -0.3 is 10.2 Å². The predicted octanol–water partition coefficient (Wildman–Crippen LogP) is -0.645. The summed E-state index contributed by atoms with van der Waals surface area (Å²) in [5.41, 5.74) is 0. The molecule has 0 unspecified atom stereocenters. The number of hydrogen-bond donors (Lipinski definition) is 1. The molecule has 1 heterocycles. The van der Waals surface area contributed by atoms with Crippen LogP contribution in [-0.4, -0.2) is 36.9 Å². The van der Waals surface area contributed by atoms with Gasteiger partial charge in [0.05, 0.1) is 6.54 Å². The molecule has 1 aliphatic rings. The van der Waals surface area contributed by atoms with Gasteiger partial charge in [-0.2, -0.15) is 0 Å². The highest BCUT2D eigenvalue weighted by atomic mass is 16.2. The van der Waals surface area contributed by atoms with E-state index in [1.807, 2.05) is 0 Å². The standard InChI is InChI=1S/C7H12N2O2/c1-8-6(10)5-9-4-2-3-7(9)11/h2-5H2,1H3,(H,8,10). The average Bonchev–Trinajstić information content (AvgIpc) is 2.37. The number of amides is 2. The first kappa shape index (κ1) is 8.04. The van der Waals surface area contributed by atoms with Crippen LogP contribution in [0, 0.1) is 0 Å². The zero-order valence-corrected chi connectivity index (χ0v) is 6.59. The lowest BCUT2D eigenvalue weighted by molar-refractivity contribution is -0.132. The summed E-state index contributed by atoms with van der Waals surface area (Å²) in [5.74, 6) is -0.00569. The van der Waals surface area contributed by atoms with E-state index in [2.05, 4.69) is 5.32 Å². The Bertz CT molecular complexity index is 179. The first-order chi connectivity index (χ1) is 5.24. The molecule has 2 amide bonds. The van der Waals surface area contributed by atoms with Crippen molar-refractivity contribution in [3.63, 3.8) is 0 Å². The Hall–Kier alpha value is -1.06. The second-order valence-electron chi connectivity index (χ2n) is 2.59. The van der Waals surface area contributed by atoms with E-state index in [0.29, 0.717) is 6.42 Å². The van der Waals surface area contributed by atoms with Crippen LogP contribution in [0.25, 0.3) is 0 Å². The Morgan fingerprint density at radius 2 is 2.45 bits per heavy atom. The van der Waals surface area contributed by atoms with Crippen LogP contribution in [0.5, 0.6) is 0 Å². The highest BCUT2D eigenvalue weighted by molar-refractivity contribution is 5.85. The van der Waals surface area contributed by atoms with E-state index >= 15 is 0 Å². The van der Waals surface area contributed by atoms with E-state index in [1.54, 1.807) is 11.9 Å². The molecule has 1 rings (SSSR count). The molecule has 4 nitrogen and oxygen atoms in total. The molecular formula is C7H12N2O2. The van der Waals surface area contributed by atoms with Crippen LogP contribution in [0.15, 0.2) is 0 Å². The third-order valence-corrected chi connectivity index (χ3v) is 1.78. The van der Waals surface area contributed by atoms with Crippen molar-refractivity contribution < 1.29 is 9.59 Å². The van der Waals surface area contributed by atoms with Crippen molar-refractivity contribution in [2.24, 2.45) is 0 Å². The van der Waals surface area contributed by atoms with Crippen LogP contribution >= 0.6 is 0 Å². The smallest absolute Gasteiger partial charge is 0.239 e. The number of rotatable bonds is 2. The number of carbonyl (C=O) groups excluding carboxylic acids is 2. The van der Waals surface area contributed by atoms with Gasteiger partial charge in [0.25, 0.3) is 0 Å². The van der Waals surface area contributed by atoms with Crippen molar-refractivity contribution in [2.75, 3.05) is 20.1 Å². The molecule has 0 atom stereocenters. The van der Waals surface area contributed by atoms with Gasteiger partial charge in [-0.25, -0.2) is 0 Å². The number of hydrogen-bond acceptors (Lipinski definition) is 2. The maximum absolute atomic E-state index is 11.0. The summed E-state index contributed by atoms with van der Waals surface area (Å²) in [6.07, 6.45) is 1.48. The maximum atomic E-state index is 11.0. The van der Waals surface area contributed by atoms with Crippen LogP contribution in [-0.2, 0) is 9.59 Å². The molecule has 0 aromatic carbocycles. The lowest BCUT2D eigenvalue weighted by Crippen LogP contribution is -2.36. The molecule has 0 spiro atoms. The topological polar surface area (TPSA) is 49.4 Å². The molecule has 4 heteroatoms. The third kappa shape index (κ3) is 1.93. The van der Waals surface area contributed by atoms with Gasteiger partial charge in [0.15, 0.2) is 0 Å². The highest BCUT2D eigenvalue weighted by Crippen LogP contribution is 2.07. The van der Waals surface area contributed by atoms with Crippen LogP contribution < -0.4 is 5.32 Å². The van der Waals surface area contributed by atoms with Gasteiger partial charge in [0.1, 0.15) is 0 Å². The van der Waals surface area contributed by atoms with Crippen molar-refractivity contribution in [1.29, 1.82) is 0 Å². The lowest BCUT2D eigenvalue weighted by Gasteiger charge is -2.13. The Morgan fingerprint density at radius 3 is 2.91 bits per heavy atom. The summed E-state index contributed by atoms with van der Waals surface area (Å²) in [7, 11) is 1.57. The van der Waals surface area contributed by atoms with Crippen LogP contribution in [0.4, 0.5) is 0 Å². The summed E-state index contributed by atoms with van der Waals surface area (Å²) >= 11 is 0. The van der Waals surface area contributed by atoms with Gasteiger partial charge in [-0.3, -0.25) is 9.59 Å². The van der Waals surface area contributed by atoms with Crippen LogP contribution in [0.2, 0.25) is 0 Å². The number of nitrogens with one attached hydrogen (secondary N) is 1. The van der Waals surface area contributed by atoms with Crippen molar-refractivity contribution >= 4 is 11.8 Å². The summed E-state index contributed by atoms with van der Waals surface area (Å²) in [6.45, 7) is 0.946. The maximum Gasteiger partial charge on any atom is 0.239 e. The molecule has 0 bridgehead atoms. The number of likely N-dealkylation sites (tertiary alicyclic amines) is 1. The second-order valence-corrected chi connectivity index (χ2v) is 2.59. The van der Waals surface area contributed by atoms with Crippen molar-refractivity contribution in [3.05, 3.63) is 0 Å². The molecule has 62 valence electrons. The van der Waals surface area contributed by atoms with Crippen molar-refractivity contribution in [3.8, 4) is 0 Å². The molecule has 11 heavy (non-hydrogen) atoms. The van der Waals surface area contributed by atoms with Gasteiger partial charge in [0, 0.05) is 20.0 Å². The number of carbonyl (C=O) groups is 2. The molecule has 0 aliphatic carbocycles. The summed E-state index contributed by atoms with van der Waals surface area (Å²) in [6, 6.07) is 0. The molecule has 0 radical (unpaired) electrons. The normalized spacial score (nSPS) is 17.2. The van der Waals surface area contributed by atoms with E-state index in [-0.39, 0.29) is 18.4 Å². The lowest BCUT2D eigenvalue weighted by atomic mass is 10.4. The Balaban J connectivity index is 2.36. The van der Waals surface area contributed by atoms with E-state index < -0.39 is 0 Å². The second kappa shape index (κ2) is 3.37. The molecule has 0 aromatic rings. The zero-order valence-electron chi connectivity index (χ0n) is 6.59. The summed E-state index contributed by atoms with van der Waals surface area (Å²) in [4.78, 5) is 23.4. The summed E-state index contributed by atoms with van der Waals surface area (Å²) < 4.78 is 0. The van der Waals surface area contributed by atoms with Crippen molar-refractivity contribution in [2.45, 2.75) is 12.8 Å². The monoisotopic (exact) mass is 156 g/mol. The van der Waals surface area contributed by atoms with Crippen LogP contribution in [0.1, 0.15) is 12.8 Å². The summed E-state index contributed by atoms with van der Waals surface area (Å²) in [5, 5.41) is 2.48. The molecule has 1 saturated heterocycles. The minimum absolute atomic E-state index is 0.0913. The van der Waals surface area contributed by atoms with Gasteiger partial charge in [-0.05, 0) is 6.42 Å². The Labute approximate surface area is 65.6 Å². The minimum Gasteiger partial charge on any atom is -0.358 e. The van der Waals surface area contributed by atoms with E-state index in [0.717, 1.165) is 13.0 Å².